The third-order valence-electron chi connectivity index (χ3n) is 4.87. The van der Waals surface area contributed by atoms with Gasteiger partial charge in [-0.25, -0.2) is 0 Å². The Morgan fingerprint density at radius 3 is 1.92 bits per heavy atom. The summed E-state index contributed by atoms with van der Waals surface area (Å²) in [5.41, 5.74) is 5.14. The van der Waals surface area contributed by atoms with Gasteiger partial charge >= 0.3 is 6.11 Å². The van der Waals surface area contributed by atoms with Crippen LogP contribution >= 0.6 is 0 Å². The smallest absolute Gasteiger partial charge is 0.427 e. The Morgan fingerprint density at radius 2 is 1.42 bits per heavy atom. The fourth-order valence-electron chi connectivity index (χ4n) is 3.33. The maximum Gasteiger partial charge on any atom is 0.427 e. The first-order valence-corrected chi connectivity index (χ1v) is 9.02. The molecule has 140 valence electrons. The van der Waals surface area contributed by atoms with E-state index in [2.05, 4.69) is 6.08 Å². The van der Waals surface area contributed by atoms with E-state index in [9.17, 15) is 8.78 Å². The van der Waals surface area contributed by atoms with Crippen LogP contribution in [0.25, 0.3) is 0 Å². The van der Waals surface area contributed by atoms with Gasteiger partial charge in [0.05, 0.1) is 5.56 Å². The summed E-state index contributed by atoms with van der Waals surface area (Å²) in [7, 11) is 0. The van der Waals surface area contributed by atoms with E-state index in [-0.39, 0.29) is 11.3 Å². The number of halogens is 2. The van der Waals surface area contributed by atoms with Gasteiger partial charge in [-0.05, 0) is 99.9 Å². The van der Waals surface area contributed by atoms with E-state index in [1.54, 1.807) is 26.0 Å². The average molecular weight is 358 g/mol. The zero-order valence-electron chi connectivity index (χ0n) is 16.5. The molecule has 1 nitrogen and oxygen atoms in total. The number of hydrogen-bond donors (Lipinski definition) is 0. The lowest BCUT2D eigenvalue weighted by Crippen LogP contribution is -2.24. The van der Waals surface area contributed by atoms with Crippen LogP contribution in [0.1, 0.15) is 52.3 Å². The molecule has 0 N–H and O–H groups in total. The van der Waals surface area contributed by atoms with E-state index in [4.69, 9.17) is 4.74 Å². The van der Waals surface area contributed by atoms with Crippen molar-refractivity contribution >= 4 is 0 Å². The van der Waals surface area contributed by atoms with Crippen molar-refractivity contribution in [3.63, 3.8) is 0 Å². The Labute approximate surface area is 155 Å². The van der Waals surface area contributed by atoms with Crippen molar-refractivity contribution in [2.75, 3.05) is 0 Å². The minimum absolute atomic E-state index is 0.0387. The summed E-state index contributed by atoms with van der Waals surface area (Å²) in [4.78, 5) is 0. The van der Waals surface area contributed by atoms with E-state index in [1.165, 1.54) is 0 Å². The molecule has 3 heteroatoms. The maximum absolute atomic E-state index is 14.9. The first-order chi connectivity index (χ1) is 12.2. The summed E-state index contributed by atoms with van der Waals surface area (Å²) in [6.45, 7) is 11.2. The highest BCUT2D eigenvalue weighted by atomic mass is 19.3. The van der Waals surface area contributed by atoms with Gasteiger partial charge in [0, 0.05) is 0 Å². The summed E-state index contributed by atoms with van der Waals surface area (Å²) in [5, 5.41) is 0. The first kappa shape index (κ1) is 20.2. The zero-order chi connectivity index (χ0) is 19.5. The quantitative estimate of drug-likeness (QED) is 0.512. The molecule has 0 saturated heterocycles. The lowest BCUT2D eigenvalue weighted by molar-refractivity contribution is -0.186. The number of allylic oxidation sites excluding steroid dienone is 2. The molecular formula is C23H28F2O. The molecule has 0 unspecified atom stereocenters. The van der Waals surface area contributed by atoms with Crippen molar-refractivity contribution in [1.29, 1.82) is 0 Å². The normalized spacial score (nSPS) is 12.0. The van der Waals surface area contributed by atoms with Crippen LogP contribution < -0.4 is 4.74 Å². The molecule has 0 saturated carbocycles. The van der Waals surface area contributed by atoms with Crippen molar-refractivity contribution in [2.24, 2.45) is 0 Å². The molecule has 0 atom stereocenters. The van der Waals surface area contributed by atoms with Crippen molar-refractivity contribution in [1.82, 2.24) is 0 Å². The van der Waals surface area contributed by atoms with Crippen LogP contribution in [0.5, 0.6) is 5.75 Å². The van der Waals surface area contributed by atoms with E-state index in [1.807, 2.05) is 45.9 Å². The Bertz CT molecular complexity index is 773. The Kier molecular flexibility index (Phi) is 6.22. The molecule has 2 aromatic rings. The van der Waals surface area contributed by atoms with Crippen molar-refractivity contribution in [2.45, 2.75) is 60.5 Å². The molecule has 0 aromatic heterocycles. The fourth-order valence-corrected chi connectivity index (χ4v) is 3.33. The van der Waals surface area contributed by atoms with Gasteiger partial charge in [-0.1, -0.05) is 24.3 Å². The maximum atomic E-state index is 14.9. The van der Waals surface area contributed by atoms with Crippen molar-refractivity contribution in [3.05, 3.63) is 75.4 Å². The van der Waals surface area contributed by atoms with Crippen LogP contribution in [0.15, 0.2) is 36.4 Å². The zero-order valence-corrected chi connectivity index (χ0v) is 16.5. The van der Waals surface area contributed by atoms with Gasteiger partial charge in [0.2, 0.25) is 0 Å². The minimum Gasteiger partial charge on any atom is -0.429 e. The van der Waals surface area contributed by atoms with Gasteiger partial charge < -0.3 is 4.74 Å². The fraction of sp³-hybridized carbons (Fsp3) is 0.391. The molecule has 0 amide bonds. The molecule has 0 aliphatic carbocycles. The predicted molar refractivity (Wildman–Crippen MR) is 104 cm³/mol. The van der Waals surface area contributed by atoms with Crippen LogP contribution in [-0.4, -0.2) is 0 Å². The van der Waals surface area contributed by atoms with Gasteiger partial charge in [0.25, 0.3) is 0 Å². The topological polar surface area (TPSA) is 9.23 Å². The number of ether oxygens (including phenoxy) is 1. The molecule has 0 bridgehead atoms. The monoisotopic (exact) mass is 358 g/mol. The Hall–Kier alpha value is -2.16. The summed E-state index contributed by atoms with van der Waals surface area (Å²) in [6.07, 6.45) is 2.46. The van der Waals surface area contributed by atoms with Crippen molar-refractivity contribution < 1.29 is 13.5 Å². The number of rotatable bonds is 6. The van der Waals surface area contributed by atoms with Gasteiger partial charge in [-0.3, -0.25) is 0 Å². The van der Waals surface area contributed by atoms with Crippen LogP contribution in [0.4, 0.5) is 8.78 Å². The highest BCUT2D eigenvalue weighted by Crippen LogP contribution is 2.37. The second kappa shape index (κ2) is 8.03. The van der Waals surface area contributed by atoms with Crippen LogP contribution in [0, 0.1) is 34.6 Å². The summed E-state index contributed by atoms with van der Waals surface area (Å²) in [6, 6.07) is 7.03. The highest BCUT2D eigenvalue weighted by molar-refractivity contribution is 5.43. The van der Waals surface area contributed by atoms with Crippen LogP contribution in [-0.2, 0) is 12.5 Å². The molecule has 0 fully saturated rings. The van der Waals surface area contributed by atoms with Crippen LogP contribution in [0.3, 0.4) is 0 Å². The number of hydrogen-bond acceptors (Lipinski definition) is 1. The first-order valence-electron chi connectivity index (χ1n) is 9.02. The molecule has 26 heavy (non-hydrogen) atoms. The predicted octanol–water partition coefficient (Wildman–Crippen LogP) is 6.87. The van der Waals surface area contributed by atoms with E-state index in [0.717, 1.165) is 35.1 Å². The third kappa shape index (κ3) is 4.51. The third-order valence-corrected chi connectivity index (χ3v) is 4.87. The van der Waals surface area contributed by atoms with Crippen LogP contribution in [0.2, 0.25) is 0 Å². The standard InChI is InChI=1S/C23H28F2O/c1-7-8-9-10-20-11-17(4)22(18(5)12-20)23(24,25)26-21-13-15(2)19(6)16(3)14-21/h7-8,11-14H,9-10H2,1-6H3/b8-7+. The van der Waals surface area contributed by atoms with Crippen molar-refractivity contribution in [3.8, 4) is 5.75 Å². The molecule has 2 rings (SSSR count). The Morgan fingerprint density at radius 1 is 0.885 bits per heavy atom. The summed E-state index contributed by atoms with van der Waals surface area (Å²) in [5.74, 6) is 0.201. The summed E-state index contributed by atoms with van der Waals surface area (Å²) >= 11 is 0. The SMILES string of the molecule is C/C=C/CCc1cc(C)c(C(F)(F)Oc2cc(C)c(C)c(C)c2)c(C)c1. The largest absolute Gasteiger partial charge is 0.429 e. The van der Waals surface area contributed by atoms with Gasteiger partial charge in [-0.15, -0.1) is 0 Å². The molecule has 0 heterocycles. The molecule has 0 aliphatic rings. The summed E-state index contributed by atoms with van der Waals surface area (Å²) < 4.78 is 35.0. The van der Waals surface area contributed by atoms with Gasteiger partial charge in [-0.2, -0.15) is 8.78 Å². The lowest BCUT2D eigenvalue weighted by Gasteiger charge is -2.23. The van der Waals surface area contributed by atoms with E-state index in [0.29, 0.717) is 11.1 Å². The minimum atomic E-state index is -3.37. The highest BCUT2D eigenvalue weighted by Gasteiger charge is 2.38. The average Bonchev–Trinajstić information content (AvgIpc) is 2.51. The second-order valence-electron chi connectivity index (χ2n) is 7.01. The molecule has 0 aliphatic heterocycles. The lowest BCUT2D eigenvalue weighted by atomic mass is 9.96. The van der Waals surface area contributed by atoms with Gasteiger partial charge in [0.1, 0.15) is 5.75 Å². The van der Waals surface area contributed by atoms with Gasteiger partial charge in [0.15, 0.2) is 0 Å². The number of alkyl halides is 2. The molecule has 2 aromatic carbocycles. The van der Waals surface area contributed by atoms with E-state index >= 15 is 0 Å². The number of benzene rings is 2. The van der Waals surface area contributed by atoms with E-state index < -0.39 is 6.11 Å². The molecular weight excluding hydrogens is 330 g/mol. The molecule has 0 spiro atoms. The number of aryl methyl sites for hydroxylation is 5. The Balaban J connectivity index is 2.33. The second-order valence-corrected chi connectivity index (χ2v) is 7.01. The molecule has 0 radical (unpaired) electrons.